The molecule has 3 aromatic rings. The number of β-lactam (4-membered cyclic amide) rings is 1. The van der Waals surface area contributed by atoms with Crippen LogP contribution >= 0.6 is 0 Å². The molecule has 0 spiro atoms. The van der Waals surface area contributed by atoms with E-state index in [1.54, 1.807) is 4.90 Å². The lowest BCUT2D eigenvalue weighted by Crippen LogP contribution is -2.55. The Morgan fingerprint density at radius 2 is 1.39 bits per heavy atom. The molecule has 4 N–H and O–H groups in total. The first-order chi connectivity index (χ1) is 23.3. The summed E-state index contributed by atoms with van der Waals surface area (Å²) in [4.78, 5) is 37.8. The van der Waals surface area contributed by atoms with Crippen molar-refractivity contribution in [2.45, 2.75) is 76.4 Å². The Morgan fingerprint density at radius 1 is 0.816 bits per heavy atom. The molecule has 1 saturated heterocycles. The number of hydrogen-bond donors (Lipinski definition) is 4. The van der Waals surface area contributed by atoms with Crippen LogP contribution in [0.1, 0.15) is 85.8 Å². The van der Waals surface area contributed by atoms with E-state index >= 15 is 0 Å². The fourth-order valence-electron chi connectivity index (χ4n) is 6.32. The third-order valence-corrected chi connectivity index (χ3v) is 9.79. The van der Waals surface area contributed by atoms with E-state index < -0.39 is 39.8 Å². The van der Waals surface area contributed by atoms with Crippen molar-refractivity contribution in [1.82, 2.24) is 4.72 Å². The summed E-state index contributed by atoms with van der Waals surface area (Å²) < 4.78 is 38.3. The van der Waals surface area contributed by atoms with Crippen molar-refractivity contribution < 1.29 is 42.5 Å². The number of carboxylic acid groups (broad SMARTS) is 2. The van der Waals surface area contributed by atoms with E-state index in [2.05, 4.69) is 4.72 Å². The molecule has 1 heterocycles. The highest BCUT2D eigenvalue weighted by atomic mass is 32.2. The van der Waals surface area contributed by atoms with Crippen LogP contribution in [0.4, 0.5) is 10.1 Å². The van der Waals surface area contributed by atoms with Gasteiger partial charge in [-0.1, -0.05) is 61.4 Å². The Bertz CT molecular complexity index is 1650. The van der Waals surface area contributed by atoms with Crippen LogP contribution in [0.5, 0.6) is 0 Å². The molecule has 0 aliphatic carbocycles. The van der Waals surface area contributed by atoms with Crippen molar-refractivity contribution in [3.8, 4) is 0 Å². The van der Waals surface area contributed by atoms with Gasteiger partial charge in [0, 0.05) is 12.2 Å². The average Bonchev–Trinajstić information content (AvgIpc) is 3.05. The van der Waals surface area contributed by atoms with Gasteiger partial charge < -0.3 is 20.2 Å². The molecular weight excluding hydrogens is 651 g/mol. The molecule has 1 aliphatic rings. The van der Waals surface area contributed by atoms with Crippen molar-refractivity contribution in [2.75, 3.05) is 17.7 Å². The molecule has 0 aromatic heterocycles. The predicted octanol–water partition coefficient (Wildman–Crippen LogP) is 5.80. The molecule has 0 bridgehead atoms. The highest BCUT2D eigenvalue weighted by Gasteiger charge is 2.48. The standard InChI is InChI=1S/C37H45FN2O8S/c1-49(47,48)39-24-5-3-2-4-7-25-12-20-30(21-13-25)40-34(31(35(40)42)22-23-33(41)27-16-18-29(38)19-17-27)28-14-10-26(11-15-28)8-6-9-32(36(43)44)37(45)46/h10-21,31-34,39,41H,2-9,22-24H2,1H3,(H,43,44)(H,45,46)/t31-,33+,34-/m1/s1. The zero-order valence-electron chi connectivity index (χ0n) is 27.6. The number of rotatable bonds is 20. The minimum atomic E-state index is -3.16. The number of aryl methyl sites for hydroxylation is 2. The van der Waals surface area contributed by atoms with Crippen LogP contribution < -0.4 is 9.62 Å². The third-order valence-electron chi connectivity index (χ3n) is 9.07. The lowest BCUT2D eigenvalue weighted by molar-refractivity contribution is -0.154. The van der Waals surface area contributed by atoms with Gasteiger partial charge in [-0.05, 0) is 97.9 Å². The van der Waals surface area contributed by atoms with Gasteiger partial charge in [-0.3, -0.25) is 14.4 Å². The van der Waals surface area contributed by atoms with Gasteiger partial charge in [-0.25, -0.2) is 17.5 Å². The molecular formula is C37H45FN2O8S. The first kappa shape index (κ1) is 37.7. The predicted molar refractivity (Wildman–Crippen MR) is 184 cm³/mol. The Hall–Kier alpha value is -4.13. The van der Waals surface area contributed by atoms with Crippen molar-refractivity contribution in [3.63, 3.8) is 0 Å². The van der Waals surface area contributed by atoms with E-state index in [1.165, 1.54) is 24.3 Å². The number of nitrogens with one attached hydrogen (secondary N) is 1. The SMILES string of the molecule is CS(=O)(=O)NCCCCCCc1ccc(N2C(=O)[C@H](CC[C@H](O)c3ccc(F)cc3)[C@H]2c2ccc(CCCC(C(=O)O)C(=O)O)cc2)cc1. The fourth-order valence-corrected chi connectivity index (χ4v) is 6.84. The molecule has 49 heavy (non-hydrogen) atoms. The molecule has 12 heteroatoms. The Kier molecular flexibility index (Phi) is 13.5. The summed E-state index contributed by atoms with van der Waals surface area (Å²) in [5.41, 5.74) is 4.32. The maximum absolute atomic E-state index is 13.6. The summed E-state index contributed by atoms with van der Waals surface area (Å²) in [7, 11) is -3.16. The van der Waals surface area contributed by atoms with Crippen LogP contribution in [0.25, 0.3) is 0 Å². The van der Waals surface area contributed by atoms with Crippen LogP contribution in [0.2, 0.25) is 0 Å². The number of sulfonamides is 1. The first-order valence-corrected chi connectivity index (χ1v) is 18.6. The number of amides is 1. The number of benzene rings is 3. The van der Waals surface area contributed by atoms with Gasteiger partial charge in [-0.2, -0.15) is 0 Å². The van der Waals surface area contributed by atoms with Crippen molar-refractivity contribution in [2.24, 2.45) is 11.8 Å². The maximum Gasteiger partial charge on any atom is 0.317 e. The molecule has 3 atom stereocenters. The van der Waals surface area contributed by atoms with Crippen LogP contribution in [0.15, 0.2) is 72.8 Å². The summed E-state index contributed by atoms with van der Waals surface area (Å²) in [6, 6.07) is 21.0. The van der Waals surface area contributed by atoms with E-state index in [-0.39, 0.29) is 24.3 Å². The second-order valence-corrected chi connectivity index (χ2v) is 14.6. The number of carbonyl (C=O) groups excluding carboxylic acids is 1. The molecule has 1 amide bonds. The number of hydrogen-bond acceptors (Lipinski definition) is 6. The zero-order chi connectivity index (χ0) is 35.6. The quantitative estimate of drug-likeness (QED) is 0.0655. The van der Waals surface area contributed by atoms with Gasteiger partial charge >= 0.3 is 11.9 Å². The lowest BCUT2D eigenvalue weighted by atomic mass is 9.78. The second kappa shape index (κ2) is 17.5. The first-order valence-electron chi connectivity index (χ1n) is 16.7. The van der Waals surface area contributed by atoms with E-state index in [0.29, 0.717) is 37.8 Å². The molecule has 264 valence electrons. The third kappa shape index (κ3) is 10.9. The van der Waals surface area contributed by atoms with Gasteiger partial charge in [-0.15, -0.1) is 0 Å². The van der Waals surface area contributed by atoms with Gasteiger partial charge in [0.05, 0.1) is 24.3 Å². The molecule has 4 rings (SSSR count). The highest BCUT2D eigenvalue weighted by molar-refractivity contribution is 7.88. The number of anilines is 1. The van der Waals surface area contributed by atoms with E-state index in [1.807, 2.05) is 48.5 Å². The fraction of sp³-hybridized carbons (Fsp3) is 0.432. The molecule has 10 nitrogen and oxygen atoms in total. The normalized spacial score (nSPS) is 16.8. The monoisotopic (exact) mass is 696 g/mol. The van der Waals surface area contributed by atoms with Gasteiger partial charge in [0.1, 0.15) is 5.82 Å². The molecule has 1 aliphatic heterocycles. The zero-order valence-corrected chi connectivity index (χ0v) is 28.4. The largest absolute Gasteiger partial charge is 0.481 e. The van der Waals surface area contributed by atoms with Crippen molar-refractivity contribution in [1.29, 1.82) is 0 Å². The van der Waals surface area contributed by atoms with Crippen molar-refractivity contribution >= 4 is 33.6 Å². The Labute approximate surface area is 287 Å². The maximum atomic E-state index is 13.6. The minimum absolute atomic E-state index is 0.0225. The number of aliphatic hydroxyl groups is 1. The summed E-state index contributed by atoms with van der Waals surface area (Å²) in [5, 5.41) is 29.1. The van der Waals surface area contributed by atoms with Crippen LogP contribution in [-0.2, 0) is 37.2 Å². The summed E-state index contributed by atoms with van der Waals surface area (Å²) in [6.45, 7) is 0.438. The van der Waals surface area contributed by atoms with Gasteiger partial charge in [0.25, 0.3) is 0 Å². The average molecular weight is 697 g/mol. The number of aliphatic hydroxyl groups excluding tert-OH is 1. The molecule has 0 unspecified atom stereocenters. The molecule has 0 radical (unpaired) electrons. The number of carboxylic acids is 2. The Morgan fingerprint density at radius 3 is 1.98 bits per heavy atom. The van der Waals surface area contributed by atoms with Gasteiger partial charge in [0.15, 0.2) is 5.92 Å². The summed E-state index contributed by atoms with van der Waals surface area (Å²) in [6.07, 6.45) is 6.48. The number of aliphatic carboxylic acids is 2. The number of carbonyl (C=O) groups is 3. The van der Waals surface area contributed by atoms with Crippen molar-refractivity contribution in [3.05, 3.63) is 101 Å². The van der Waals surface area contributed by atoms with Gasteiger partial charge in [0.2, 0.25) is 15.9 Å². The summed E-state index contributed by atoms with van der Waals surface area (Å²) >= 11 is 0. The highest BCUT2D eigenvalue weighted by Crippen LogP contribution is 2.46. The van der Waals surface area contributed by atoms with E-state index in [0.717, 1.165) is 60.7 Å². The smallest absolute Gasteiger partial charge is 0.317 e. The summed E-state index contributed by atoms with van der Waals surface area (Å²) in [5.74, 6) is -4.97. The van der Waals surface area contributed by atoms with Crippen LogP contribution in [0, 0.1) is 17.7 Å². The minimum Gasteiger partial charge on any atom is -0.481 e. The molecule has 0 saturated carbocycles. The van der Waals surface area contributed by atoms with Crippen LogP contribution in [-0.4, -0.2) is 54.4 Å². The number of halogens is 1. The van der Waals surface area contributed by atoms with E-state index in [4.69, 9.17) is 10.2 Å². The topological polar surface area (TPSA) is 161 Å². The lowest BCUT2D eigenvalue weighted by Gasteiger charge is -2.48. The molecule has 1 fully saturated rings. The van der Waals surface area contributed by atoms with E-state index in [9.17, 15) is 32.3 Å². The number of nitrogens with zero attached hydrogens (tertiary/aromatic N) is 1. The Balaban J connectivity index is 1.41. The second-order valence-electron chi connectivity index (χ2n) is 12.8. The van der Waals surface area contributed by atoms with Crippen LogP contribution in [0.3, 0.4) is 0 Å². The number of unbranched alkanes of at least 4 members (excludes halogenated alkanes) is 3. The molecule has 3 aromatic carbocycles.